The van der Waals surface area contributed by atoms with Crippen molar-refractivity contribution in [3.05, 3.63) is 29.8 Å². The summed E-state index contributed by atoms with van der Waals surface area (Å²) in [5, 5.41) is 11.3. The van der Waals surface area contributed by atoms with E-state index in [1.165, 1.54) is 6.21 Å². The predicted octanol–water partition coefficient (Wildman–Crippen LogP) is 2.28. The third-order valence-electron chi connectivity index (χ3n) is 1.54. The summed E-state index contributed by atoms with van der Waals surface area (Å²) in [6.07, 6.45) is 2.36. The Labute approximate surface area is 77.6 Å². The minimum absolute atomic E-state index is 0.708. The van der Waals surface area contributed by atoms with Crippen molar-refractivity contribution in [2.75, 3.05) is 6.61 Å². The Morgan fingerprint density at radius 2 is 2.38 bits per heavy atom. The quantitative estimate of drug-likeness (QED) is 0.437. The lowest BCUT2D eigenvalue weighted by atomic mass is 10.2. The lowest BCUT2D eigenvalue weighted by molar-refractivity contribution is 0.317. The molecule has 1 rings (SSSR count). The number of nitrogens with zero attached hydrogens (tertiary/aromatic N) is 1. The summed E-state index contributed by atoms with van der Waals surface area (Å²) in [4.78, 5) is 0. The fourth-order valence-electron chi connectivity index (χ4n) is 0.971. The second kappa shape index (κ2) is 5.19. The van der Waals surface area contributed by atoms with Gasteiger partial charge in [-0.05, 0) is 24.1 Å². The molecular weight excluding hydrogens is 166 g/mol. The molecule has 13 heavy (non-hydrogen) atoms. The molecule has 0 bridgehead atoms. The summed E-state index contributed by atoms with van der Waals surface area (Å²) in [5.41, 5.74) is 0.830. The van der Waals surface area contributed by atoms with Crippen molar-refractivity contribution in [2.24, 2.45) is 5.16 Å². The van der Waals surface area contributed by atoms with E-state index in [0.717, 1.165) is 17.7 Å². The Morgan fingerprint density at radius 1 is 1.54 bits per heavy atom. The first kappa shape index (κ1) is 9.58. The van der Waals surface area contributed by atoms with Crippen LogP contribution in [0.5, 0.6) is 5.75 Å². The molecule has 0 unspecified atom stereocenters. The standard InChI is InChI=1S/C10H13NO2/c1-2-6-13-10-5-3-4-9(7-10)8-11-12/h3-5,7-8,12H,2,6H2,1H3/b11-8+. The third kappa shape index (κ3) is 3.15. The molecule has 1 aromatic rings. The first-order valence-corrected chi connectivity index (χ1v) is 4.27. The van der Waals surface area contributed by atoms with E-state index in [9.17, 15) is 0 Å². The Morgan fingerprint density at radius 3 is 3.08 bits per heavy atom. The molecule has 0 spiro atoms. The second-order valence-corrected chi connectivity index (χ2v) is 2.67. The first-order valence-electron chi connectivity index (χ1n) is 4.27. The van der Waals surface area contributed by atoms with E-state index < -0.39 is 0 Å². The monoisotopic (exact) mass is 179 g/mol. The highest BCUT2D eigenvalue weighted by molar-refractivity contribution is 5.79. The fraction of sp³-hybridized carbons (Fsp3) is 0.300. The van der Waals surface area contributed by atoms with Crippen molar-refractivity contribution >= 4 is 6.21 Å². The summed E-state index contributed by atoms with van der Waals surface area (Å²) in [5.74, 6) is 0.805. The Kier molecular flexibility index (Phi) is 3.82. The Hall–Kier alpha value is -1.51. The van der Waals surface area contributed by atoms with Gasteiger partial charge in [-0.2, -0.15) is 0 Å². The van der Waals surface area contributed by atoms with Gasteiger partial charge in [-0.3, -0.25) is 0 Å². The maximum Gasteiger partial charge on any atom is 0.119 e. The zero-order chi connectivity index (χ0) is 9.52. The molecule has 0 saturated heterocycles. The highest BCUT2D eigenvalue weighted by atomic mass is 16.5. The largest absolute Gasteiger partial charge is 0.494 e. The van der Waals surface area contributed by atoms with Crippen LogP contribution in [-0.2, 0) is 0 Å². The molecule has 0 aromatic heterocycles. The molecule has 3 nitrogen and oxygen atoms in total. The average molecular weight is 179 g/mol. The zero-order valence-corrected chi connectivity index (χ0v) is 7.60. The van der Waals surface area contributed by atoms with E-state index in [1.807, 2.05) is 24.3 Å². The van der Waals surface area contributed by atoms with Gasteiger partial charge >= 0.3 is 0 Å². The van der Waals surface area contributed by atoms with E-state index >= 15 is 0 Å². The topological polar surface area (TPSA) is 41.8 Å². The van der Waals surface area contributed by atoms with Gasteiger partial charge in [-0.25, -0.2) is 0 Å². The highest BCUT2D eigenvalue weighted by Crippen LogP contribution is 2.11. The zero-order valence-electron chi connectivity index (χ0n) is 7.60. The molecule has 0 aliphatic rings. The number of oxime groups is 1. The van der Waals surface area contributed by atoms with Crippen LogP contribution in [0.1, 0.15) is 18.9 Å². The van der Waals surface area contributed by atoms with Gasteiger partial charge in [0.05, 0.1) is 12.8 Å². The Balaban J connectivity index is 2.67. The lowest BCUT2D eigenvalue weighted by Crippen LogP contribution is -1.95. The minimum atomic E-state index is 0.708. The minimum Gasteiger partial charge on any atom is -0.494 e. The van der Waals surface area contributed by atoms with Gasteiger partial charge in [-0.1, -0.05) is 24.2 Å². The van der Waals surface area contributed by atoms with Crippen molar-refractivity contribution in [1.82, 2.24) is 0 Å². The summed E-state index contributed by atoms with van der Waals surface area (Å²) in [6, 6.07) is 7.42. The molecule has 1 N–H and O–H groups in total. The molecule has 1 aromatic carbocycles. The Bertz CT molecular complexity index is 284. The molecule has 70 valence electrons. The van der Waals surface area contributed by atoms with Gasteiger partial charge in [0.1, 0.15) is 5.75 Å². The van der Waals surface area contributed by atoms with Crippen LogP contribution < -0.4 is 4.74 Å². The van der Waals surface area contributed by atoms with Crippen LogP contribution >= 0.6 is 0 Å². The van der Waals surface area contributed by atoms with E-state index in [-0.39, 0.29) is 0 Å². The number of rotatable bonds is 4. The molecule has 0 heterocycles. The van der Waals surface area contributed by atoms with Crippen LogP contribution in [-0.4, -0.2) is 18.0 Å². The number of hydrogen-bond donors (Lipinski definition) is 1. The molecule has 0 atom stereocenters. The van der Waals surface area contributed by atoms with E-state index in [0.29, 0.717) is 6.61 Å². The highest BCUT2D eigenvalue weighted by Gasteiger charge is 1.93. The molecule has 0 saturated carbocycles. The van der Waals surface area contributed by atoms with Gasteiger partial charge in [0.25, 0.3) is 0 Å². The van der Waals surface area contributed by atoms with Crippen LogP contribution in [0.2, 0.25) is 0 Å². The molecule has 0 aliphatic heterocycles. The second-order valence-electron chi connectivity index (χ2n) is 2.67. The van der Waals surface area contributed by atoms with Crippen LogP contribution in [0, 0.1) is 0 Å². The summed E-state index contributed by atoms with van der Waals surface area (Å²) in [7, 11) is 0. The summed E-state index contributed by atoms with van der Waals surface area (Å²) in [6.45, 7) is 2.76. The van der Waals surface area contributed by atoms with Crippen molar-refractivity contribution in [1.29, 1.82) is 0 Å². The number of benzene rings is 1. The number of ether oxygens (including phenoxy) is 1. The lowest BCUT2D eigenvalue weighted by Gasteiger charge is -2.03. The van der Waals surface area contributed by atoms with Gasteiger partial charge in [0.15, 0.2) is 0 Å². The molecule has 0 radical (unpaired) electrons. The maximum atomic E-state index is 8.32. The third-order valence-corrected chi connectivity index (χ3v) is 1.54. The average Bonchev–Trinajstić information content (AvgIpc) is 2.16. The van der Waals surface area contributed by atoms with Crippen LogP contribution in [0.3, 0.4) is 0 Å². The van der Waals surface area contributed by atoms with Crippen molar-refractivity contribution in [2.45, 2.75) is 13.3 Å². The summed E-state index contributed by atoms with van der Waals surface area (Å²) >= 11 is 0. The van der Waals surface area contributed by atoms with E-state index in [1.54, 1.807) is 0 Å². The van der Waals surface area contributed by atoms with Crippen LogP contribution in [0.15, 0.2) is 29.4 Å². The predicted molar refractivity (Wildman–Crippen MR) is 51.6 cm³/mol. The van der Waals surface area contributed by atoms with Gasteiger partial charge in [-0.15, -0.1) is 0 Å². The van der Waals surface area contributed by atoms with E-state index in [4.69, 9.17) is 9.94 Å². The normalized spacial score (nSPS) is 10.5. The molecular formula is C10H13NO2. The van der Waals surface area contributed by atoms with Gasteiger partial charge in [0, 0.05) is 0 Å². The van der Waals surface area contributed by atoms with Crippen molar-refractivity contribution in [3.63, 3.8) is 0 Å². The molecule has 0 amide bonds. The van der Waals surface area contributed by atoms with Crippen LogP contribution in [0.25, 0.3) is 0 Å². The van der Waals surface area contributed by atoms with Crippen LogP contribution in [0.4, 0.5) is 0 Å². The smallest absolute Gasteiger partial charge is 0.119 e. The van der Waals surface area contributed by atoms with Crippen molar-refractivity contribution in [3.8, 4) is 5.75 Å². The fourth-order valence-corrected chi connectivity index (χ4v) is 0.971. The first-order chi connectivity index (χ1) is 6.36. The van der Waals surface area contributed by atoms with E-state index in [2.05, 4.69) is 12.1 Å². The molecule has 3 heteroatoms. The SMILES string of the molecule is CCCOc1cccc(/C=N/O)c1. The maximum absolute atomic E-state index is 8.32. The summed E-state index contributed by atoms with van der Waals surface area (Å²) < 4.78 is 5.40. The van der Waals surface area contributed by atoms with Crippen molar-refractivity contribution < 1.29 is 9.94 Å². The van der Waals surface area contributed by atoms with Gasteiger partial charge in [0.2, 0.25) is 0 Å². The molecule has 0 aliphatic carbocycles. The van der Waals surface area contributed by atoms with Gasteiger partial charge < -0.3 is 9.94 Å². The molecule has 0 fully saturated rings. The number of hydrogen-bond acceptors (Lipinski definition) is 3.